The van der Waals surface area contributed by atoms with E-state index in [1.807, 2.05) is 7.05 Å². The van der Waals surface area contributed by atoms with Gasteiger partial charge in [0.1, 0.15) is 24.0 Å². The van der Waals surface area contributed by atoms with E-state index in [-0.39, 0.29) is 30.9 Å². The normalized spacial score (nSPS) is 15.1. The number of carbonyl (C=O) groups is 1. The van der Waals surface area contributed by atoms with Crippen molar-refractivity contribution < 1.29 is 27.1 Å². The van der Waals surface area contributed by atoms with Gasteiger partial charge in [0.2, 0.25) is 0 Å². The summed E-state index contributed by atoms with van der Waals surface area (Å²) < 4.78 is 56.8. The van der Waals surface area contributed by atoms with E-state index in [1.165, 1.54) is 4.90 Å². The molecule has 1 aromatic heterocycles. The summed E-state index contributed by atoms with van der Waals surface area (Å²) in [5.41, 5.74) is 0.748. The largest absolute Gasteiger partial charge is 0.488 e. The van der Waals surface area contributed by atoms with Crippen LogP contribution in [0.3, 0.4) is 0 Å². The van der Waals surface area contributed by atoms with Gasteiger partial charge in [-0.15, -0.1) is 0 Å². The van der Waals surface area contributed by atoms with Crippen molar-refractivity contribution in [2.45, 2.75) is 38.4 Å². The molecular formula is C22H26F4N4O2. The van der Waals surface area contributed by atoms with Gasteiger partial charge in [-0.2, -0.15) is 0 Å². The predicted molar refractivity (Wildman–Crippen MR) is 110 cm³/mol. The van der Waals surface area contributed by atoms with Gasteiger partial charge in [0.05, 0.1) is 18.4 Å². The maximum Gasteiger partial charge on any atom is 0.318 e. The van der Waals surface area contributed by atoms with E-state index >= 15 is 0 Å². The third kappa shape index (κ3) is 6.81. The molecule has 1 N–H and O–H groups in total. The van der Waals surface area contributed by atoms with E-state index < -0.39 is 24.7 Å². The summed E-state index contributed by atoms with van der Waals surface area (Å²) >= 11 is 0. The molecule has 1 aromatic carbocycles. The van der Waals surface area contributed by atoms with E-state index in [1.54, 1.807) is 24.3 Å². The van der Waals surface area contributed by atoms with E-state index in [9.17, 15) is 22.4 Å². The Bertz CT molecular complexity index is 890. The number of hydrogen-bond donors (Lipinski definition) is 1. The molecule has 174 valence electrons. The quantitative estimate of drug-likeness (QED) is 0.617. The van der Waals surface area contributed by atoms with Gasteiger partial charge in [0, 0.05) is 18.7 Å². The highest BCUT2D eigenvalue weighted by Gasteiger charge is 2.28. The van der Waals surface area contributed by atoms with Crippen molar-refractivity contribution in [1.82, 2.24) is 20.1 Å². The molecule has 2 amide bonds. The first kappa shape index (κ1) is 23.8. The average molecular weight is 454 g/mol. The number of hydrogen-bond acceptors (Lipinski definition) is 4. The van der Waals surface area contributed by atoms with Gasteiger partial charge in [-0.25, -0.2) is 22.4 Å². The Kier molecular flexibility index (Phi) is 8.26. The summed E-state index contributed by atoms with van der Waals surface area (Å²) in [7, 11) is 2.00. The zero-order valence-corrected chi connectivity index (χ0v) is 17.7. The Labute approximate surface area is 184 Å². The third-order valence-corrected chi connectivity index (χ3v) is 5.34. The van der Waals surface area contributed by atoms with Crippen LogP contribution in [0.15, 0.2) is 36.5 Å². The van der Waals surface area contributed by atoms with Crippen molar-refractivity contribution in [3.63, 3.8) is 0 Å². The molecule has 1 fully saturated rings. The number of ether oxygens (including phenoxy) is 1. The van der Waals surface area contributed by atoms with Crippen LogP contribution in [0.1, 0.15) is 24.1 Å². The van der Waals surface area contributed by atoms with Crippen LogP contribution in [-0.4, -0.2) is 60.0 Å². The molecule has 0 radical (unpaired) electrons. The van der Waals surface area contributed by atoms with Crippen LogP contribution < -0.4 is 10.1 Å². The second-order valence-corrected chi connectivity index (χ2v) is 7.75. The maximum atomic E-state index is 14.2. The van der Waals surface area contributed by atoms with Crippen LogP contribution in [0.25, 0.3) is 0 Å². The van der Waals surface area contributed by atoms with Crippen LogP contribution in [-0.2, 0) is 13.1 Å². The highest BCUT2D eigenvalue weighted by atomic mass is 19.3. The van der Waals surface area contributed by atoms with Crippen molar-refractivity contribution in [3.8, 4) is 5.75 Å². The minimum atomic E-state index is -2.56. The second-order valence-electron chi connectivity index (χ2n) is 7.75. The number of pyridine rings is 1. The Morgan fingerprint density at radius 2 is 1.94 bits per heavy atom. The van der Waals surface area contributed by atoms with Gasteiger partial charge in [0.15, 0.2) is 0 Å². The fraction of sp³-hybridized carbons (Fsp3) is 0.455. The van der Waals surface area contributed by atoms with Gasteiger partial charge in [-0.3, -0.25) is 4.98 Å². The number of halogens is 4. The molecule has 10 heteroatoms. The number of carbonyl (C=O) groups excluding carboxylic acids is 1. The molecule has 1 saturated heterocycles. The SMILES string of the molecule is CN1CCC(N(Cc2ncc(F)cc2F)C(=O)NCc2ccc(OCC(F)F)cc2)CC1. The smallest absolute Gasteiger partial charge is 0.318 e. The van der Waals surface area contributed by atoms with Crippen LogP contribution in [0.2, 0.25) is 0 Å². The van der Waals surface area contributed by atoms with Crippen LogP contribution in [0, 0.1) is 11.6 Å². The number of nitrogens with one attached hydrogen (secondary N) is 1. The summed E-state index contributed by atoms with van der Waals surface area (Å²) in [6.45, 7) is 1.03. The first-order valence-electron chi connectivity index (χ1n) is 10.3. The predicted octanol–water partition coefficient (Wildman–Crippen LogP) is 3.81. The first-order valence-corrected chi connectivity index (χ1v) is 10.3. The zero-order chi connectivity index (χ0) is 23.1. The average Bonchev–Trinajstić information content (AvgIpc) is 2.77. The summed E-state index contributed by atoms with van der Waals surface area (Å²) in [6.07, 6.45) is -0.174. The Morgan fingerprint density at radius 1 is 1.25 bits per heavy atom. The minimum absolute atomic E-state index is 0.000935. The molecule has 0 atom stereocenters. The fourth-order valence-corrected chi connectivity index (χ4v) is 3.54. The number of nitrogens with zero attached hydrogens (tertiary/aromatic N) is 3. The van der Waals surface area contributed by atoms with E-state index in [0.717, 1.165) is 43.8 Å². The molecule has 0 saturated carbocycles. The van der Waals surface area contributed by atoms with Crippen molar-refractivity contribution in [2.24, 2.45) is 0 Å². The van der Waals surface area contributed by atoms with Crippen molar-refractivity contribution in [2.75, 3.05) is 26.7 Å². The molecule has 0 unspecified atom stereocenters. The van der Waals surface area contributed by atoms with Gasteiger partial charge in [0.25, 0.3) is 6.43 Å². The lowest BCUT2D eigenvalue weighted by Gasteiger charge is -2.37. The molecule has 0 spiro atoms. The Hall–Kier alpha value is -2.88. The number of aromatic nitrogens is 1. The molecular weight excluding hydrogens is 428 g/mol. The van der Waals surface area contributed by atoms with Crippen LogP contribution >= 0.6 is 0 Å². The number of benzene rings is 1. The number of likely N-dealkylation sites (tertiary alicyclic amines) is 1. The van der Waals surface area contributed by atoms with Gasteiger partial charge >= 0.3 is 6.03 Å². The molecule has 32 heavy (non-hydrogen) atoms. The second kappa shape index (κ2) is 11.1. The number of alkyl halides is 2. The number of urea groups is 1. The Morgan fingerprint density at radius 3 is 2.56 bits per heavy atom. The van der Waals surface area contributed by atoms with Gasteiger partial charge in [-0.05, 0) is 50.7 Å². The summed E-state index contributed by atoms with van der Waals surface area (Å²) in [4.78, 5) is 20.5. The molecule has 2 heterocycles. The maximum absolute atomic E-state index is 14.2. The third-order valence-electron chi connectivity index (χ3n) is 5.34. The number of rotatable bonds is 8. The topological polar surface area (TPSA) is 57.7 Å². The number of amides is 2. The Balaban J connectivity index is 1.65. The molecule has 6 nitrogen and oxygen atoms in total. The number of piperidine rings is 1. The molecule has 2 aromatic rings. The van der Waals surface area contributed by atoms with Crippen LogP contribution in [0.4, 0.5) is 22.4 Å². The zero-order valence-electron chi connectivity index (χ0n) is 17.7. The summed E-state index contributed by atoms with van der Waals surface area (Å²) in [5.74, 6) is -1.26. The lowest BCUT2D eigenvalue weighted by molar-refractivity contribution is 0.0819. The van der Waals surface area contributed by atoms with E-state index in [4.69, 9.17) is 4.74 Å². The minimum Gasteiger partial charge on any atom is -0.488 e. The van der Waals surface area contributed by atoms with E-state index in [2.05, 4.69) is 15.2 Å². The summed E-state index contributed by atoms with van der Waals surface area (Å²) in [5, 5.41) is 2.82. The first-order chi connectivity index (χ1) is 15.3. The highest BCUT2D eigenvalue weighted by Crippen LogP contribution is 2.20. The van der Waals surface area contributed by atoms with Crippen molar-refractivity contribution in [3.05, 3.63) is 59.4 Å². The van der Waals surface area contributed by atoms with Crippen molar-refractivity contribution >= 4 is 6.03 Å². The standard InChI is InChI=1S/C22H26F4N4O2/c1-29-8-6-17(7-9-29)30(13-20-19(24)10-16(23)12-27-20)22(31)28-11-15-2-4-18(5-3-15)32-14-21(25)26/h2-5,10,12,17,21H,6-9,11,13-14H2,1H3,(H,28,31). The molecule has 0 bridgehead atoms. The summed E-state index contributed by atoms with van der Waals surface area (Å²) in [6, 6.07) is 6.70. The molecule has 0 aliphatic carbocycles. The highest BCUT2D eigenvalue weighted by molar-refractivity contribution is 5.74. The van der Waals surface area contributed by atoms with Crippen LogP contribution in [0.5, 0.6) is 5.75 Å². The van der Waals surface area contributed by atoms with Crippen molar-refractivity contribution in [1.29, 1.82) is 0 Å². The lowest BCUT2D eigenvalue weighted by Crippen LogP contribution is -2.49. The van der Waals surface area contributed by atoms with E-state index in [0.29, 0.717) is 5.75 Å². The molecule has 1 aliphatic rings. The lowest BCUT2D eigenvalue weighted by atomic mass is 10.0. The molecule has 1 aliphatic heterocycles. The fourth-order valence-electron chi connectivity index (χ4n) is 3.54. The monoisotopic (exact) mass is 454 g/mol. The van der Waals surface area contributed by atoms with Gasteiger partial charge < -0.3 is 19.9 Å². The molecule has 3 rings (SSSR count). The van der Waals surface area contributed by atoms with Gasteiger partial charge in [-0.1, -0.05) is 12.1 Å².